The Morgan fingerprint density at radius 2 is 1.68 bits per heavy atom. The van der Waals surface area contributed by atoms with Gasteiger partial charge < -0.3 is 26.7 Å². The molecule has 0 unspecified atom stereocenters. The van der Waals surface area contributed by atoms with Crippen molar-refractivity contribution in [2.75, 3.05) is 6.54 Å². The van der Waals surface area contributed by atoms with Crippen molar-refractivity contribution in [3.8, 4) is 5.75 Å². The Morgan fingerprint density at radius 1 is 1.08 bits per heavy atom. The second kappa shape index (κ2) is 9.87. The Morgan fingerprint density at radius 3 is 2.20 bits per heavy atom. The van der Waals surface area contributed by atoms with Gasteiger partial charge in [-0.1, -0.05) is 32.4 Å². The van der Waals surface area contributed by atoms with E-state index in [1.54, 1.807) is 31.2 Å². The van der Waals surface area contributed by atoms with Gasteiger partial charge in [0.15, 0.2) is 0 Å². The molecule has 0 aliphatic rings. The summed E-state index contributed by atoms with van der Waals surface area (Å²) in [6, 6.07) is 4.55. The molecule has 0 radical (unpaired) electrons. The molecule has 3 atom stereocenters. The number of carbonyl (C=O) groups is 3. The number of nitrogens with two attached hydrogens (primary N) is 3. The molecule has 6 N–H and O–H groups in total. The highest BCUT2D eigenvalue weighted by Crippen LogP contribution is 2.14. The minimum absolute atomic E-state index is 0.0969. The SMILES string of the molecule is CC[C@H](C)[C@H](N)C(=O)OC(=O)[C@@H](N)Cc1ccc(OC(=O)CN)cc1. The van der Waals surface area contributed by atoms with Gasteiger partial charge in [0.2, 0.25) is 0 Å². The molecular weight excluding hydrogens is 326 g/mol. The number of rotatable bonds is 8. The van der Waals surface area contributed by atoms with Gasteiger partial charge in [0.25, 0.3) is 0 Å². The second-order valence-corrected chi connectivity index (χ2v) is 5.78. The Kier molecular flexibility index (Phi) is 8.20. The summed E-state index contributed by atoms with van der Waals surface area (Å²) in [6.45, 7) is 3.47. The van der Waals surface area contributed by atoms with E-state index in [1.807, 2.05) is 6.92 Å². The first-order valence-electron chi connectivity index (χ1n) is 8.04. The molecule has 0 saturated heterocycles. The molecule has 8 nitrogen and oxygen atoms in total. The summed E-state index contributed by atoms with van der Waals surface area (Å²) in [7, 11) is 0. The highest BCUT2D eigenvalue weighted by Gasteiger charge is 2.26. The highest BCUT2D eigenvalue weighted by molar-refractivity contribution is 5.90. The lowest BCUT2D eigenvalue weighted by molar-refractivity contribution is -0.162. The quantitative estimate of drug-likeness (QED) is 0.333. The molecule has 0 amide bonds. The largest absolute Gasteiger partial charge is 0.426 e. The fraction of sp³-hybridized carbons (Fsp3) is 0.471. The molecular formula is C17H25N3O5. The van der Waals surface area contributed by atoms with Gasteiger partial charge in [0.05, 0.1) is 6.54 Å². The lowest BCUT2D eigenvalue weighted by Gasteiger charge is -2.17. The first kappa shape index (κ1) is 20.8. The van der Waals surface area contributed by atoms with Gasteiger partial charge in [0.1, 0.15) is 17.8 Å². The van der Waals surface area contributed by atoms with Crippen LogP contribution in [0.1, 0.15) is 25.8 Å². The molecule has 0 aliphatic heterocycles. The van der Waals surface area contributed by atoms with Crippen molar-refractivity contribution in [1.82, 2.24) is 0 Å². The molecule has 1 aromatic carbocycles. The van der Waals surface area contributed by atoms with Crippen LogP contribution < -0.4 is 21.9 Å². The third kappa shape index (κ3) is 6.61. The average Bonchev–Trinajstić information content (AvgIpc) is 2.61. The molecule has 0 fully saturated rings. The van der Waals surface area contributed by atoms with Crippen LogP contribution in [0.4, 0.5) is 0 Å². The third-order valence-corrected chi connectivity index (χ3v) is 3.81. The lowest BCUT2D eigenvalue weighted by atomic mass is 10.0. The molecule has 0 spiro atoms. The van der Waals surface area contributed by atoms with Crippen LogP contribution in [0.5, 0.6) is 5.75 Å². The average molecular weight is 351 g/mol. The van der Waals surface area contributed by atoms with Crippen LogP contribution in [0.15, 0.2) is 24.3 Å². The van der Waals surface area contributed by atoms with E-state index in [2.05, 4.69) is 0 Å². The number of hydrogen-bond acceptors (Lipinski definition) is 8. The third-order valence-electron chi connectivity index (χ3n) is 3.81. The Bertz CT molecular complexity index is 603. The van der Waals surface area contributed by atoms with Crippen LogP contribution >= 0.6 is 0 Å². The summed E-state index contributed by atoms with van der Waals surface area (Å²) >= 11 is 0. The van der Waals surface area contributed by atoms with Gasteiger partial charge in [-0.25, -0.2) is 9.59 Å². The zero-order valence-electron chi connectivity index (χ0n) is 14.4. The fourth-order valence-electron chi connectivity index (χ4n) is 1.93. The Labute approximate surface area is 146 Å². The van der Waals surface area contributed by atoms with Crippen molar-refractivity contribution in [3.05, 3.63) is 29.8 Å². The summed E-state index contributed by atoms with van der Waals surface area (Å²) in [5.41, 5.74) is 17.4. The molecule has 0 aromatic heterocycles. The monoisotopic (exact) mass is 351 g/mol. The maximum Gasteiger partial charge on any atom is 0.330 e. The maximum atomic E-state index is 11.9. The predicted octanol–water partition coefficient (Wildman–Crippen LogP) is -0.136. The number of benzene rings is 1. The van der Waals surface area contributed by atoms with Gasteiger partial charge in [0, 0.05) is 0 Å². The van der Waals surface area contributed by atoms with Crippen molar-refractivity contribution in [3.63, 3.8) is 0 Å². The van der Waals surface area contributed by atoms with Crippen LogP contribution in [-0.2, 0) is 25.5 Å². The minimum Gasteiger partial charge on any atom is -0.426 e. The number of ether oxygens (including phenoxy) is 2. The molecule has 0 aliphatic carbocycles. The summed E-state index contributed by atoms with van der Waals surface area (Å²) < 4.78 is 9.69. The lowest BCUT2D eigenvalue weighted by Crippen LogP contribution is -2.43. The van der Waals surface area contributed by atoms with Crippen LogP contribution in [0.3, 0.4) is 0 Å². The van der Waals surface area contributed by atoms with Crippen molar-refractivity contribution >= 4 is 17.9 Å². The standard InChI is InChI=1S/C17H25N3O5/c1-3-10(2)15(20)17(23)25-16(22)13(19)8-11-4-6-12(7-5-11)24-14(21)9-18/h4-7,10,13,15H,3,8-9,18-20H2,1-2H3/t10-,13-,15-/m0/s1. The molecule has 8 heteroatoms. The van der Waals surface area contributed by atoms with Crippen molar-refractivity contribution in [2.45, 2.75) is 38.8 Å². The van der Waals surface area contributed by atoms with Crippen molar-refractivity contribution in [1.29, 1.82) is 0 Å². The topological polar surface area (TPSA) is 148 Å². The predicted molar refractivity (Wildman–Crippen MR) is 91.3 cm³/mol. The molecule has 0 saturated carbocycles. The first-order valence-corrected chi connectivity index (χ1v) is 8.04. The summed E-state index contributed by atoms with van der Waals surface area (Å²) in [5, 5.41) is 0. The maximum absolute atomic E-state index is 11.9. The van der Waals surface area contributed by atoms with Crippen LogP contribution in [0.2, 0.25) is 0 Å². The Balaban J connectivity index is 2.57. The second-order valence-electron chi connectivity index (χ2n) is 5.78. The molecule has 25 heavy (non-hydrogen) atoms. The van der Waals surface area contributed by atoms with Crippen LogP contribution in [0, 0.1) is 5.92 Å². The summed E-state index contributed by atoms with van der Waals surface area (Å²) in [4.78, 5) is 34.8. The van der Waals surface area contributed by atoms with E-state index < -0.39 is 30.0 Å². The van der Waals surface area contributed by atoms with E-state index >= 15 is 0 Å². The first-order chi connectivity index (χ1) is 11.8. The smallest absolute Gasteiger partial charge is 0.330 e. The molecule has 1 aromatic rings. The molecule has 0 bridgehead atoms. The highest BCUT2D eigenvalue weighted by atomic mass is 16.6. The van der Waals surface area contributed by atoms with Gasteiger partial charge in [-0.3, -0.25) is 4.79 Å². The van der Waals surface area contributed by atoms with Gasteiger partial charge in [-0.2, -0.15) is 0 Å². The van der Waals surface area contributed by atoms with Gasteiger partial charge >= 0.3 is 17.9 Å². The molecule has 1 rings (SSSR count). The Hall–Kier alpha value is -2.29. The minimum atomic E-state index is -1.01. The summed E-state index contributed by atoms with van der Waals surface area (Å²) in [6.07, 6.45) is 0.855. The number of carbonyl (C=O) groups excluding carboxylic acids is 3. The number of hydrogen-bond donors (Lipinski definition) is 3. The van der Waals surface area contributed by atoms with Crippen molar-refractivity contribution in [2.24, 2.45) is 23.1 Å². The van der Waals surface area contributed by atoms with E-state index in [0.29, 0.717) is 12.2 Å². The summed E-state index contributed by atoms with van der Waals surface area (Å²) in [5.74, 6) is -1.92. The van der Waals surface area contributed by atoms with E-state index in [4.69, 9.17) is 26.7 Å². The van der Waals surface area contributed by atoms with Gasteiger partial charge in [-0.05, 0) is 30.0 Å². The van der Waals surface area contributed by atoms with E-state index in [0.717, 1.165) is 5.56 Å². The van der Waals surface area contributed by atoms with Gasteiger partial charge in [-0.15, -0.1) is 0 Å². The van der Waals surface area contributed by atoms with E-state index in [9.17, 15) is 14.4 Å². The molecule has 138 valence electrons. The zero-order chi connectivity index (χ0) is 19.0. The van der Waals surface area contributed by atoms with Crippen LogP contribution in [-0.4, -0.2) is 36.5 Å². The van der Waals surface area contributed by atoms with Crippen molar-refractivity contribution < 1.29 is 23.9 Å². The number of esters is 3. The van der Waals surface area contributed by atoms with Crippen LogP contribution in [0.25, 0.3) is 0 Å². The fourth-order valence-corrected chi connectivity index (χ4v) is 1.93. The zero-order valence-corrected chi connectivity index (χ0v) is 14.4. The van der Waals surface area contributed by atoms with E-state index in [1.165, 1.54) is 0 Å². The van der Waals surface area contributed by atoms with E-state index in [-0.39, 0.29) is 18.9 Å². The normalized spacial score (nSPS) is 14.3. The molecule has 0 heterocycles.